The maximum Gasteiger partial charge on any atom is 0.333 e. The van der Waals surface area contributed by atoms with Crippen molar-refractivity contribution in [2.24, 2.45) is 0 Å². The number of ether oxygens (including phenoxy) is 1. The SMILES string of the molecule is COC(=O)[C@@H]1C[C@@H](O)CN1CN1C(=O)[C@@H](C)N(c2ccc(C)cc2)C1=O. The van der Waals surface area contributed by atoms with E-state index in [9.17, 15) is 19.5 Å². The zero-order valence-electron chi connectivity index (χ0n) is 15.1. The molecule has 0 unspecified atom stereocenters. The zero-order chi connectivity index (χ0) is 19.0. The molecule has 3 atom stereocenters. The topological polar surface area (TPSA) is 90.4 Å². The molecule has 3 amide bonds. The summed E-state index contributed by atoms with van der Waals surface area (Å²) in [6.07, 6.45) is -0.474. The van der Waals surface area contributed by atoms with Gasteiger partial charge in [0, 0.05) is 18.7 Å². The number of methoxy groups -OCH3 is 1. The van der Waals surface area contributed by atoms with Gasteiger partial charge in [0.25, 0.3) is 5.91 Å². The second kappa shape index (κ2) is 7.05. The molecule has 2 aliphatic rings. The lowest BCUT2D eigenvalue weighted by Gasteiger charge is -2.26. The predicted octanol–water partition coefficient (Wildman–Crippen LogP) is 0.718. The third kappa shape index (κ3) is 3.17. The number of hydrogen-bond acceptors (Lipinski definition) is 6. The maximum atomic E-state index is 12.9. The quantitative estimate of drug-likeness (QED) is 0.628. The fourth-order valence-electron chi connectivity index (χ4n) is 3.49. The van der Waals surface area contributed by atoms with Crippen molar-refractivity contribution in [3.05, 3.63) is 29.8 Å². The van der Waals surface area contributed by atoms with Crippen LogP contribution >= 0.6 is 0 Å². The first-order chi connectivity index (χ1) is 12.3. The van der Waals surface area contributed by atoms with Crippen molar-refractivity contribution in [3.63, 3.8) is 0 Å². The number of benzene rings is 1. The molecule has 1 aromatic rings. The molecule has 1 aromatic carbocycles. The Morgan fingerprint density at radius 2 is 1.92 bits per heavy atom. The first-order valence-corrected chi connectivity index (χ1v) is 8.54. The summed E-state index contributed by atoms with van der Waals surface area (Å²) in [6, 6.07) is 5.64. The summed E-state index contributed by atoms with van der Waals surface area (Å²) in [5.41, 5.74) is 1.71. The van der Waals surface area contributed by atoms with Gasteiger partial charge in [-0.2, -0.15) is 0 Å². The van der Waals surface area contributed by atoms with E-state index in [0.717, 1.165) is 10.5 Å². The van der Waals surface area contributed by atoms with Crippen LogP contribution in [0, 0.1) is 6.92 Å². The van der Waals surface area contributed by atoms with Gasteiger partial charge in [-0.3, -0.25) is 19.4 Å². The van der Waals surface area contributed by atoms with Crippen LogP contribution in [-0.4, -0.2) is 71.3 Å². The Bertz CT molecular complexity index is 720. The van der Waals surface area contributed by atoms with Gasteiger partial charge in [0.15, 0.2) is 0 Å². The molecule has 8 heteroatoms. The first-order valence-electron chi connectivity index (χ1n) is 8.54. The Balaban J connectivity index is 1.80. The van der Waals surface area contributed by atoms with Crippen molar-refractivity contribution in [2.75, 3.05) is 25.2 Å². The van der Waals surface area contributed by atoms with E-state index >= 15 is 0 Å². The van der Waals surface area contributed by atoms with E-state index in [4.69, 9.17) is 4.74 Å². The number of esters is 1. The van der Waals surface area contributed by atoms with Gasteiger partial charge < -0.3 is 9.84 Å². The van der Waals surface area contributed by atoms with Gasteiger partial charge in [-0.1, -0.05) is 17.7 Å². The minimum absolute atomic E-state index is 0.0544. The number of carbonyl (C=O) groups excluding carboxylic acids is 3. The summed E-state index contributed by atoms with van der Waals surface area (Å²) < 4.78 is 4.76. The number of anilines is 1. The third-order valence-corrected chi connectivity index (χ3v) is 4.94. The lowest BCUT2D eigenvalue weighted by atomic mass is 10.2. The molecule has 0 aromatic heterocycles. The monoisotopic (exact) mass is 361 g/mol. The molecule has 26 heavy (non-hydrogen) atoms. The summed E-state index contributed by atoms with van der Waals surface area (Å²) in [5, 5.41) is 9.88. The lowest BCUT2D eigenvalue weighted by molar-refractivity contribution is -0.147. The number of likely N-dealkylation sites (tertiary alicyclic amines) is 1. The number of β-amino-alcohol motifs (C(OH)–C–C–N with tert-alkyl or cyclic N) is 1. The van der Waals surface area contributed by atoms with E-state index in [1.807, 2.05) is 19.1 Å². The van der Waals surface area contributed by atoms with Crippen molar-refractivity contribution in [1.29, 1.82) is 0 Å². The molecule has 0 radical (unpaired) electrons. The van der Waals surface area contributed by atoms with Crippen LogP contribution in [0.3, 0.4) is 0 Å². The number of imide groups is 1. The molecule has 1 N–H and O–H groups in total. The fourth-order valence-corrected chi connectivity index (χ4v) is 3.49. The van der Waals surface area contributed by atoms with E-state index in [-0.39, 0.29) is 25.5 Å². The highest BCUT2D eigenvalue weighted by atomic mass is 16.5. The molecule has 2 saturated heterocycles. The molecule has 0 bridgehead atoms. The van der Waals surface area contributed by atoms with Crippen molar-refractivity contribution >= 4 is 23.6 Å². The number of aliphatic hydroxyl groups is 1. The molecule has 0 spiro atoms. The predicted molar refractivity (Wildman–Crippen MR) is 93.4 cm³/mol. The van der Waals surface area contributed by atoms with Crippen LogP contribution in [0.2, 0.25) is 0 Å². The van der Waals surface area contributed by atoms with Crippen molar-refractivity contribution in [1.82, 2.24) is 9.80 Å². The van der Waals surface area contributed by atoms with Gasteiger partial charge in [-0.15, -0.1) is 0 Å². The minimum Gasteiger partial charge on any atom is -0.468 e. The smallest absolute Gasteiger partial charge is 0.333 e. The number of amides is 3. The van der Waals surface area contributed by atoms with E-state index < -0.39 is 30.2 Å². The molecule has 0 saturated carbocycles. The van der Waals surface area contributed by atoms with Crippen LogP contribution in [0.15, 0.2) is 24.3 Å². The maximum absolute atomic E-state index is 12.9. The van der Waals surface area contributed by atoms with Crippen LogP contribution in [0.4, 0.5) is 10.5 Å². The van der Waals surface area contributed by atoms with Gasteiger partial charge in [0.1, 0.15) is 12.1 Å². The normalized spacial score (nSPS) is 26.7. The van der Waals surface area contributed by atoms with Crippen molar-refractivity contribution < 1.29 is 24.2 Å². The van der Waals surface area contributed by atoms with Crippen LogP contribution in [0.1, 0.15) is 18.9 Å². The third-order valence-electron chi connectivity index (χ3n) is 4.94. The van der Waals surface area contributed by atoms with Gasteiger partial charge >= 0.3 is 12.0 Å². The number of urea groups is 1. The summed E-state index contributed by atoms with van der Waals surface area (Å²) in [4.78, 5) is 41.6. The minimum atomic E-state index is -0.697. The zero-order valence-corrected chi connectivity index (χ0v) is 15.1. The van der Waals surface area contributed by atoms with E-state index in [2.05, 4.69) is 0 Å². The molecular weight excluding hydrogens is 338 g/mol. The van der Waals surface area contributed by atoms with Crippen LogP contribution in [0.5, 0.6) is 0 Å². The van der Waals surface area contributed by atoms with E-state index in [1.54, 1.807) is 24.0 Å². The number of aliphatic hydroxyl groups excluding tert-OH is 1. The summed E-state index contributed by atoms with van der Waals surface area (Å²) in [5.74, 6) is -0.815. The Kier molecular flexibility index (Phi) is 4.97. The Hall–Kier alpha value is -2.45. The lowest BCUT2D eigenvalue weighted by Crippen LogP contribution is -2.47. The average Bonchev–Trinajstić information content (AvgIpc) is 3.08. The summed E-state index contributed by atoms with van der Waals surface area (Å²) in [7, 11) is 1.28. The van der Waals surface area contributed by atoms with Crippen molar-refractivity contribution in [2.45, 2.75) is 38.5 Å². The standard InChI is InChI=1S/C18H23N3O5/c1-11-4-6-13(7-5-11)21-12(2)16(23)20(18(21)25)10-19-9-14(22)8-15(19)17(24)26-3/h4-7,12,14-15,22H,8-10H2,1-3H3/t12-,14-,15+/m1/s1. The molecule has 140 valence electrons. The number of hydrogen-bond donors (Lipinski definition) is 1. The molecule has 2 heterocycles. The molecule has 2 aliphatic heterocycles. The number of rotatable bonds is 4. The highest BCUT2D eigenvalue weighted by molar-refractivity contribution is 6.14. The molecule has 3 rings (SSSR count). The molecular formula is C18H23N3O5. The number of nitrogens with zero attached hydrogens (tertiary/aromatic N) is 3. The molecule has 8 nitrogen and oxygen atoms in total. The Morgan fingerprint density at radius 1 is 1.27 bits per heavy atom. The van der Waals surface area contributed by atoms with Crippen LogP contribution in [0.25, 0.3) is 0 Å². The molecule has 2 fully saturated rings. The average molecular weight is 361 g/mol. The summed E-state index contributed by atoms with van der Waals surface area (Å²) >= 11 is 0. The second-order valence-corrected chi connectivity index (χ2v) is 6.77. The van der Waals surface area contributed by atoms with Crippen molar-refractivity contribution in [3.8, 4) is 0 Å². The summed E-state index contributed by atoms with van der Waals surface area (Å²) in [6.45, 7) is 3.77. The Morgan fingerprint density at radius 3 is 2.54 bits per heavy atom. The Labute approximate surface area is 151 Å². The van der Waals surface area contributed by atoms with E-state index in [1.165, 1.54) is 12.0 Å². The van der Waals surface area contributed by atoms with Gasteiger partial charge in [0.05, 0.1) is 19.9 Å². The molecule has 0 aliphatic carbocycles. The van der Waals surface area contributed by atoms with Gasteiger partial charge in [0.2, 0.25) is 0 Å². The fraction of sp³-hybridized carbons (Fsp3) is 0.500. The van der Waals surface area contributed by atoms with Gasteiger partial charge in [-0.05, 0) is 26.0 Å². The largest absolute Gasteiger partial charge is 0.468 e. The van der Waals surface area contributed by atoms with Crippen LogP contribution in [-0.2, 0) is 14.3 Å². The van der Waals surface area contributed by atoms with Gasteiger partial charge in [-0.25, -0.2) is 9.69 Å². The highest BCUT2D eigenvalue weighted by Gasteiger charge is 2.46. The second-order valence-electron chi connectivity index (χ2n) is 6.77. The highest BCUT2D eigenvalue weighted by Crippen LogP contribution is 2.28. The van der Waals surface area contributed by atoms with Crippen LogP contribution < -0.4 is 4.90 Å². The first kappa shape index (κ1) is 18.3. The van der Waals surface area contributed by atoms with E-state index in [0.29, 0.717) is 5.69 Å². The number of aryl methyl sites for hydroxylation is 1. The number of carbonyl (C=O) groups is 3.